The number of aryl methyl sites for hydroxylation is 1. The van der Waals surface area contributed by atoms with Gasteiger partial charge in [-0.1, -0.05) is 18.2 Å². The summed E-state index contributed by atoms with van der Waals surface area (Å²) in [5, 5.41) is 12.1. The molecule has 7 nitrogen and oxygen atoms in total. The van der Waals surface area contributed by atoms with Gasteiger partial charge in [0.15, 0.2) is 5.11 Å². The van der Waals surface area contributed by atoms with E-state index in [1.807, 2.05) is 6.92 Å². The number of benzene rings is 1. The molecule has 1 aliphatic rings. The minimum Gasteiger partial charge on any atom is -0.478 e. The van der Waals surface area contributed by atoms with Crippen LogP contribution in [0, 0.1) is 13.8 Å². The highest BCUT2D eigenvalue weighted by Gasteiger charge is 2.33. The van der Waals surface area contributed by atoms with E-state index in [1.54, 1.807) is 35.8 Å². The molecule has 1 aliphatic heterocycles. The van der Waals surface area contributed by atoms with Crippen LogP contribution in [0.25, 0.3) is 11.8 Å². The molecule has 3 rings (SSSR count). The maximum atomic E-state index is 12.7. The highest BCUT2D eigenvalue weighted by Crippen LogP contribution is 2.26. The number of carbonyl (C=O) groups excluding carboxylic acids is 2. The Bertz CT molecular complexity index is 1100. The number of thiocarbonyl (C=S) groups is 1. The molecule has 0 saturated carbocycles. The number of carboxylic acids is 1. The van der Waals surface area contributed by atoms with Crippen LogP contribution in [-0.4, -0.2) is 44.0 Å². The van der Waals surface area contributed by atoms with E-state index in [1.165, 1.54) is 23.1 Å². The maximum Gasteiger partial charge on any atom is 0.337 e. The van der Waals surface area contributed by atoms with Crippen LogP contribution in [-0.2, 0) is 9.59 Å². The van der Waals surface area contributed by atoms with Gasteiger partial charge in [0.25, 0.3) is 11.8 Å². The van der Waals surface area contributed by atoms with E-state index < -0.39 is 17.8 Å². The molecule has 0 radical (unpaired) electrons. The summed E-state index contributed by atoms with van der Waals surface area (Å²) in [6.07, 6.45) is 3.02. The quantitative estimate of drug-likeness (QED) is 0.343. The highest BCUT2D eigenvalue weighted by atomic mass is 32.1. The zero-order valence-electron chi connectivity index (χ0n) is 15.9. The molecule has 1 aromatic carbocycles. The van der Waals surface area contributed by atoms with E-state index in [9.17, 15) is 19.5 Å². The van der Waals surface area contributed by atoms with Crippen molar-refractivity contribution in [3.05, 3.63) is 71.1 Å². The Morgan fingerprint density at radius 3 is 2.62 bits per heavy atom. The molecule has 0 unspecified atom stereocenters. The maximum absolute atomic E-state index is 12.7. The first-order chi connectivity index (χ1) is 13.8. The van der Waals surface area contributed by atoms with Gasteiger partial charge in [0.2, 0.25) is 0 Å². The Kier molecular flexibility index (Phi) is 5.47. The number of para-hydroxylation sites is 1. The first kappa shape index (κ1) is 20.2. The van der Waals surface area contributed by atoms with Gasteiger partial charge in [0, 0.05) is 17.9 Å². The van der Waals surface area contributed by atoms with Crippen LogP contribution >= 0.6 is 12.2 Å². The Balaban J connectivity index is 2.11. The third kappa shape index (κ3) is 3.62. The molecule has 1 aromatic heterocycles. The molecule has 0 atom stereocenters. The summed E-state index contributed by atoms with van der Waals surface area (Å²) in [6, 6.07) is 8.45. The van der Waals surface area contributed by atoms with Gasteiger partial charge in [0.05, 0.1) is 11.3 Å². The fraction of sp³-hybridized carbons (Fsp3) is 0.143. The van der Waals surface area contributed by atoms with Gasteiger partial charge >= 0.3 is 5.97 Å². The first-order valence-corrected chi connectivity index (χ1v) is 9.18. The molecular weight excluding hydrogens is 390 g/mol. The summed E-state index contributed by atoms with van der Waals surface area (Å²) in [6.45, 7) is 7.41. The van der Waals surface area contributed by atoms with Gasteiger partial charge < -0.3 is 9.67 Å². The number of nitrogens with zero attached hydrogens (tertiary/aromatic N) is 2. The predicted molar refractivity (Wildman–Crippen MR) is 113 cm³/mol. The summed E-state index contributed by atoms with van der Waals surface area (Å²) < 4.78 is 1.78. The Morgan fingerprint density at radius 2 is 1.97 bits per heavy atom. The van der Waals surface area contributed by atoms with Crippen LogP contribution in [0.1, 0.15) is 27.3 Å². The van der Waals surface area contributed by atoms with Crippen LogP contribution in [0.15, 0.2) is 48.6 Å². The lowest BCUT2D eigenvalue weighted by atomic mass is 10.1. The van der Waals surface area contributed by atoms with Gasteiger partial charge in [-0.05, 0) is 55.9 Å². The Hall–Kier alpha value is -3.52. The SMILES string of the molecule is C=CCN1C(=O)/C(=C/c2cc(C)n(-c3ccccc3C(=O)O)c2C)C(=O)NC1=S. The molecule has 29 heavy (non-hydrogen) atoms. The Labute approximate surface area is 172 Å². The number of hydrogen-bond acceptors (Lipinski definition) is 4. The van der Waals surface area contributed by atoms with Crippen molar-refractivity contribution in [2.45, 2.75) is 13.8 Å². The number of nitrogens with one attached hydrogen (secondary N) is 1. The van der Waals surface area contributed by atoms with Crippen LogP contribution in [0.5, 0.6) is 0 Å². The molecule has 2 heterocycles. The molecule has 8 heteroatoms. The lowest BCUT2D eigenvalue weighted by molar-refractivity contribution is -0.128. The largest absolute Gasteiger partial charge is 0.478 e. The zero-order chi connectivity index (χ0) is 21.3. The number of aromatic carboxylic acids is 1. The average Bonchev–Trinajstić information content (AvgIpc) is 2.95. The van der Waals surface area contributed by atoms with E-state index in [2.05, 4.69) is 11.9 Å². The second-order valence-corrected chi connectivity index (χ2v) is 6.89. The molecule has 2 amide bonds. The third-order valence-electron chi connectivity index (χ3n) is 4.64. The topological polar surface area (TPSA) is 91.6 Å². The summed E-state index contributed by atoms with van der Waals surface area (Å²) in [5.41, 5.74) is 2.72. The molecule has 1 fully saturated rings. The van der Waals surface area contributed by atoms with Gasteiger partial charge in [-0.25, -0.2) is 4.79 Å². The molecule has 0 aliphatic carbocycles. The minimum absolute atomic E-state index is 0.0397. The van der Waals surface area contributed by atoms with E-state index >= 15 is 0 Å². The van der Waals surface area contributed by atoms with E-state index in [-0.39, 0.29) is 22.8 Å². The summed E-state index contributed by atoms with van der Waals surface area (Å²) in [7, 11) is 0. The van der Waals surface area contributed by atoms with Crippen LogP contribution in [0.3, 0.4) is 0 Å². The number of amides is 2. The summed E-state index contributed by atoms with van der Waals surface area (Å²) >= 11 is 5.06. The number of rotatable bonds is 5. The summed E-state index contributed by atoms with van der Waals surface area (Å²) in [4.78, 5) is 38.0. The first-order valence-electron chi connectivity index (χ1n) is 8.77. The fourth-order valence-electron chi connectivity index (χ4n) is 3.30. The van der Waals surface area contributed by atoms with Crippen molar-refractivity contribution in [1.82, 2.24) is 14.8 Å². The van der Waals surface area contributed by atoms with Crippen LogP contribution in [0.2, 0.25) is 0 Å². The molecule has 1 saturated heterocycles. The number of carboxylic acid groups (broad SMARTS) is 1. The van der Waals surface area contributed by atoms with Crippen molar-refractivity contribution >= 4 is 41.2 Å². The fourth-order valence-corrected chi connectivity index (χ4v) is 3.55. The van der Waals surface area contributed by atoms with E-state index in [4.69, 9.17) is 12.2 Å². The molecule has 148 valence electrons. The van der Waals surface area contributed by atoms with Crippen LogP contribution < -0.4 is 5.32 Å². The highest BCUT2D eigenvalue weighted by molar-refractivity contribution is 7.80. The number of carbonyl (C=O) groups is 3. The zero-order valence-corrected chi connectivity index (χ0v) is 16.7. The van der Waals surface area contributed by atoms with Crippen molar-refractivity contribution < 1.29 is 19.5 Å². The Morgan fingerprint density at radius 1 is 1.28 bits per heavy atom. The molecule has 2 aromatic rings. The molecule has 0 spiro atoms. The van der Waals surface area contributed by atoms with Gasteiger partial charge in [-0.15, -0.1) is 6.58 Å². The lowest BCUT2D eigenvalue weighted by Crippen LogP contribution is -2.53. The smallest absolute Gasteiger partial charge is 0.337 e. The average molecular weight is 409 g/mol. The van der Waals surface area contributed by atoms with Gasteiger partial charge in [-0.2, -0.15) is 0 Å². The molecule has 2 N–H and O–H groups in total. The number of aromatic nitrogens is 1. The normalized spacial score (nSPS) is 15.6. The molecular formula is C21H19N3O4S. The van der Waals surface area contributed by atoms with E-state index in [0.717, 1.165) is 5.69 Å². The monoisotopic (exact) mass is 409 g/mol. The minimum atomic E-state index is -1.04. The van der Waals surface area contributed by atoms with Crippen molar-refractivity contribution in [2.24, 2.45) is 0 Å². The van der Waals surface area contributed by atoms with Crippen molar-refractivity contribution in [1.29, 1.82) is 0 Å². The van der Waals surface area contributed by atoms with Crippen molar-refractivity contribution in [3.8, 4) is 5.69 Å². The standard InChI is InChI=1S/C21H19N3O4S/c1-4-9-23-19(26)16(18(25)22-21(23)29)11-14-10-12(2)24(13(14)3)17-8-6-5-7-15(17)20(27)28/h4-8,10-11H,1,9H2,2-3H3,(H,27,28)(H,22,25,29)/b16-11+. The molecule has 0 bridgehead atoms. The van der Waals surface area contributed by atoms with E-state index in [0.29, 0.717) is 16.9 Å². The van der Waals surface area contributed by atoms with Crippen LogP contribution in [0.4, 0.5) is 0 Å². The third-order valence-corrected chi connectivity index (χ3v) is 4.97. The van der Waals surface area contributed by atoms with Gasteiger partial charge in [-0.3, -0.25) is 19.8 Å². The van der Waals surface area contributed by atoms with Gasteiger partial charge in [0.1, 0.15) is 5.57 Å². The summed E-state index contributed by atoms with van der Waals surface area (Å²) in [5.74, 6) is -2.12. The second kappa shape index (κ2) is 7.84. The van der Waals surface area contributed by atoms with Crippen molar-refractivity contribution in [3.63, 3.8) is 0 Å². The van der Waals surface area contributed by atoms with Crippen molar-refractivity contribution in [2.75, 3.05) is 6.54 Å². The number of hydrogen-bond donors (Lipinski definition) is 2. The lowest BCUT2D eigenvalue weighted by Gasteiger charge is -2.27. The second-order valence-electron chi connectivity index (χ2n) is 6.51. The predicted octanol–water partition coefficient (Wildman–Crippen LogP) is 2.61.